The van der Waals surface area contributed by atoms with Gasteiger partial charge in [0.2, 0.25) is 5.91 Å². The molecule has 2 amide bonds. The van der Waals surface area contributed by atoms with Crippen LogP contribution >= 0.6 is 0 Å². The molecule has 0 spiro atoms. The van der Waals surface area contributed by atoms with E-state index in [4.69, 9.17) is 20.9 Å². The van der Waals surface area contributed by atoms with Crippen molar-refractivity contribution in [3.63, 3.8) is 0 Å². The van der Waals surface area contributed by atoms with Gasteiger partial charge in [0.25, 0.3) is 5.91 Å². The molecule has 7 nitrogen and oxygen atoms in total. The number of nitrogens with two attached hydrogens (primary N) is 2. The lowest BCUT2D eigenvalue weighted by Crippen LogP contribution is -2.42. The van der Waals surface area contributed by atoms with E-state index in [2.05, 4.69) is 5.32 Å². The summed E-state index contributed by atoms with van der Waals surface area (Å²) in [5.74, 6) is -0.356. The van der Waals surface area contributed by atoms with Crippen LogP contribution in [-0.4, -0.2) is 32.1 Å². The molecular weight excluding hydrogens is 250 g/mol. The molecule has 1 aromatic carbocycles. The molecule has 1 aromatic rings. The average molecular weight is 267 g/mol. The molecule has 5 N–H and O–H groups in total. The van der Waals surface area contributed by atoms with E-state index in [0.29, 0.717) is 11.5 Å². The van der Waals surface area contributed by atoms with Crippen LogP contribution in [0.3, 0.4) is 0 Å². The van der Waals surface area contributed by atoms with Crippen LogP contribution in [0, 0.1) is 0 Å². The van der Waals surface area contributed by atoms with Crippen molar-refractivity contribution in [1.29, 1.82) is 0 Å². The van der Waals surface area contributed by atoms with Gasteiger partial charge in [0.1, 0.15) is 6.04 Å². The molecule has 1 rings (SSSR count). The average Bonchev–Trinajstić information content (AvgIpc) is 2.37. The topological polar surface area (TPSA) is 117 Å². The van der Waals surface area contributed by atoms with Gasteiger partial charge in [-0.25, -0.2) is 0 Å². The summed E-state index contributed by atoms with van der Waals surface area (Å²) in [5.41, 5.74) is 11.2. The van der Waals surface area contributed by atoms with Crippen LogP contribution in [0.5, 0.6) is 11.5 Å². The maximum absolute atomic E-state index is 12.0. The Hall–Kier alpha value is -2.44. The number of anilines is 1. The second kappa shape index (κ2) is 5.94. The predicted octanol–water partition coefficient (Wildman–Crippen LogP) is -0.110. The molecule has 0 fully saturated rings. The summed E-state index contributed by atoms with van der Waals surface area (Å²) in [5, 5.41) is 2.44. The Bertz CT molecular complexity index is 502. The Kier molecular flexibility index (Phi) is 4.57. The number of primary amides is 1. The van der Waals surface area contributed by atoms with E-state index in [1.54, 1.807) is 0 Å². The van der Waals surface area contributed by atoms with Crippen molar-refractivity contribution in [1.82, 2.24) is 5.32 Å². The highest BCUT2D eigenvalue weighted by Crippen LogP contribution is 2.31. The highest BCUT2D eigenvalue weighted by Gasteiger charge is 2.18. The molecule has 0 saturated heterocycles. The number of ether oxygens (including phenoxy) is 2. The molecule has 0 aliphatic rings. The van der Waals surface area contributed by atoms with Crippen LogP contribution in [0.1, 0.15) is 17.3 Å². The number of methoxy groups -OCH3 is 2. The van der Waals surface area contributed by atoms with Gasteiger partial charge in [-0.15, -0.1) is 0 Å². The molecule has 19 heavy (non-hydrogen) atoms. The molecule has 0 aliphatic carbocycles. The maximum Gasteiger partial charge on any atom is 0.254 e. The van der Waals surface area contributed by atoms with Crippen LogP contribution < -0.4 is 26.3 Å². The number of carbonyl (C=O) groups excluding carboxylic acids is 2. The summed E-state index contributed by atoms with van der Waals surface area (Å²) in [4.78, 5) is 22.9. The van der Waals surface area contributed by atoms with Crippen LogP contribution in [0.15, 0.2) is 12.1 Å². The van der Waals surface area contributed by atoms with Gasteiger partial charge in [-0.3, -0.25) is 9.59 Å². The second-order valence-corrected chi connectivity index (χ2v) is 3.89. The Morgan fingerprint density at radius 2 is 1.74 bits per heavy atom. The number of hydrogen-bond acceptors (Lipinski definition) is 5. The Labute approximate surface area is 110 Å². The summed E-state index contributed by atoms with van der Waals surface area (Å²) < 4.78 is 10.1. The maximum atomic E-state index is 12.0. The largest absolute Gasteiger partial charge is 0.493 e. The molecule has 0 heterocycles. The van der Waals surface area contributed by atoms with Crippen molar-refractivity contribution < 1.29 is 19.1 Å². The van der Waals surface area contributed by atoms with E-state index >= 15 is 0 Å². The standard InChI is InChI=1S/C12H17N3O4/c1-6(11(14)16)15-12(17)7-4-9(18-2)10(19-3)5-8(7)13/h4-6H,13H2,1-3H3,(H2,14,16)(H,15,17). The molecule has 0 aliphatic heterocycles. The first-order valence-corrected chi connectivity index (χ1v) is 5.52. The molecule has 0 radical (unpaired) electrons. The summed E-state index contributed by atoms with van der Waals surface area (Å²) in [6.45, 7) is 1.48. The lowest BCUT2D eigenvalue weighted by molar-refractivity contribution is -0.119. The number of amides is 2. The highest BCUT2D eigenvalue weighted by atomic mass is 16.5. The minimum absolute atomic E-state index is 0.186. The van der Waals surface area contributed by atoms with E-state index in [1.807, 2.05) is 0 Å². The Morgan fingerprint density at radius 1 is 1.21 bits per heavy atom. The monoisotopic (exact) mass is 267 g/mol. The van der Waals surface area contributed by atoms with Crippen LogP contribution in [0.4, 0.5) is 5.69 Å². The third-order valence-corrected chi connectivity index (χ3v) is 2.57. The SMILES string of the molecule is COc1cc(N)c(C(=O)NC(C)C(N)=O)cc1OC. The first-order valence-electron chi connectivity index (χ1n) is 5.52. The molecule has 0 bridgehead atoms. The zero-order chi connectivity index (χ0) is 14.6. The molecule has 0 aromatic heterocycles. The smallest absolute Gasteiger partial charge is 0.254 e. The van der Waals surface area contributed by atoms with Gasteiger partial charge in [-0.05, 0) is 13.0 Å². The zero-order valence-corrected chi connectivity index (χ0v) is 11.0. The van der Waals surface area contributed by atoms with Gasteiger partial charge in [-0.1, -0.05) is 0 Å². The fraction of sp³-hybridized carbons (Fsp3) is 0.333. The zero-order valence-electron chi connectivity index (χ0n) is 11.0. The van der Waals surface area contributed by atoms with Crippen molar-refractivity contribution in [2.24, 2.45) is 5.73 Å². The number of carbonyl (C=O) groups is 2. The van der Waals surface area contributed by atoms with E-state index in [1.165, 1.54) is 33.3 Å². The van der Waals surface area contributed by atoms with E-state index < -0.39 is 17.9 Å². The van der Waals surface area contributed by atoms with Gasteiger partial charge in [0.15, 0.2) is 11.5 Å². The molecular formula is C12H17N3O4. The van der Waals surface area contributed by atoms with Crippen LogP contribution in [0.2, 0.25) is 0 Å². The van der Waals surface area contributed by atoms with Crippen molar-refractivity contribution in [2.45, 2.75) is 13.0 Å². The normalized spacial score (nSPS) is 11.5. The van der Waals surface area contributed by atoms with Crippen molar-refractivity contribution in [3.8, 4) is 11.5 Å². The van der Waals surface area contributed by atoms with Crippen molar-refractivity contribution in [2.75, 3.05) is 20.0 Å². The van der Waals surface area contributed by atoms with Gasteiger partial charge in [-0.2, -0.15) is 0 Å². The second-order valence-electron chi connectivity index (χ2n) is 3.89. The molecule has 7 heteroatoms. The first-order chi connectivity index (χ1) is 8.90. The summed E-state index contributed by atoms with van der Waals surface area (Å²) in [7, 11) is 2.91. The lowest BCUT2D eigenvalue weighted by atomic mass is 10.1. The molecule has 1 atom stereocenters. The van der Waals surface area contributed by atoms with Gasteiger partial charge >= 0.3 is 0 Å². The fourth-order valence-electron chi connectivity index (χ4n) is 1.44. The molecule has 1 unspecified atom stereocenters. The van der Waals surface area contributed by atoms with Gasteiger partial charge in [0, 0.05) is 11.8 Å². The number of nitrogen functional groups attached to an aromatic ring is 1. The Morgan fingerprint density at radius 3 is 2.21 bits per heavy atom. The van der Waals surface area contributed by atoms with Gasteiger partial charge in [0.05, 0.1) is 19.8 Å². The minimum Gasteiger partial charge on any atom is -0.493 e. The summed E-state index contributed by atoms with van der Waals surface area (Å²) >= 11 is 0. The number of hydrogen-bond donors (Lipinski definition) is 3. The summed E-state index contributed by atoms with van der Waals surface area (Å²) in [6, 6.07) is 2.12. The third kappa shape index (κ3) is 3.27. The quantitative estimate of drug-likeness (QED) is 0.643. The van der Waals surface area contributed by atoms with E-state index in [-0.39, 0.29) is 11.3 Å². The highest BCUT2D eigenvalue weighted by molar-refractivity contribution is 6.02. The summed E-state index contributed by atoms with van der Waals surface area (Å²) in [6.07, 6.45) is 0. The van der Waals surface area contributed by atoms with Crippen LogP contribution in [0.25, 0.3) is 0 Å². The number of benzene rings is 1. The predicted molar refractivity (Wildman–Crippen MR) is 70.1 cm³/mol. The first kappa shape index (κ1) is 14.6. The number of rotatable bonds is 5. The molecule has 104 valence electrons. The van der Waals surface area contributed by atoms with Crippen LogP contribution in [-0.2, 0) is 4.79 Å². The fourth-order valence-corrected chi connectivity index (χ4v) is 1.44. The third-order valence-electron chi connectivity index (χ3n) is 2.57. The van der Waals surface area contributed by atoms with Gasteiger partial charge < -0.3 is 26.3 Å². The van der Waals surface area contributed by atoms with Crippen molar-refractivity contribution >= 4 is 17.5 Å². The minimum atomic E-state index is -0.792. The lowest BCUT2D eigenvalue weighted by Gasteiger charge is -2.14. The Balaban J connectivity index is 3.06. The van der Waals surface area contributed by atoms with E-state index in [0.717, 1.165) is 0 Å². The van der Waals surface area contributed by atoms with E-state index in [9.17, 15) is 9.59 Å². The van der Waals surface area contributed by atoms with Crippen molar-refractivity contribution in [3.05, 3.63) is 17.7 Å². The number of nitrogens with one attached hydrogen (secondary N) is 1. The molecule has 0 saturated carbocycles.